The number of carbonyl (C=O) groups excluding carboxylic acids is 2. The molecule has 1 aliphatic rings. The van der Waals surface area contributed by atoms with Crippen LogP contribution in [0.1, 0.15) is 31.8 Å². The van der Waals surface area contributed by atoms with Crippen LogP contribution in [0.25, 0.3) is 0 Å². The Kier molecular flexibility index (Phi) is 2.63. The Morgan fingerprint density at radius 3 is 2.26 bits per heavy atom. The van der Waals surface area contributed by atoms with Crippen molar-refractivity contribution in [1.29, 1.82) is 0 Å². The van der Waals surface area contributed by atoms with Crippen molar-refractivity contribution in [3.63, 3.8) is 0 Å². The largest absolute Gasteiger partial charge is 0.270 e. The van der Waals surface area contributed by atoms with Crippen LogP contribution in [0.3, 0.4) is 0 Å². The molecule has 0 radical (unpaired) electrons. The molecule has 0 saturated heterocycles. The number of amides is 2. The Morgan fingerprint density at radius 1 is 1.05 bits per heavy atom. The number of benzene rings is 1. The summed E-state index contributed by atoms with van der Waals surface area (Å²) in [6, 6.07) is 8.83. The van der Waals surface area contributed by atoms with Crippen LogP contribution in [0.4, 0.5) is 0 Å². The van der Waals surface area contributed by atoms with Crippen molar-refractivity contribution in [2.45, 2.75) is 13.5 Å². The second kappa shape index (κ2) is 4.31. The summed E-state index contributed by atoms with van der Waals surface area (Å²) in [7, 11) is 0. The van der Waals surface area contributed by atoms with Gasteiger partial charge in [0.2, 0.25) is 0 Å². The quantitative estimate of drug-likeness (QED) is 0.770. The number of rotatable bonds is 2. The van der Waals surface area contributed by atoms with E-state index in [1.54, 1.807) is 36.7 Å². The SMILES string of the molecule is Cc1cncc(CN2C(=O)c3ccccc3C2=O)c1. The van der Waals surface area contributed by atoms with Crippen LogP contribution in [0, 0.1) is 6.92 Å². The first-order valence-electron chi connectivity index (χ1n) is 6.02. The Balaban J connectivity index is 1.92. The molecule has 0 spiro atoms. The lowest BCUT2D eigenvalue weighted by Gasteiger charge is -2.13. The van der Waals surface area contributed by atoms with Crippen molar-refractivity contribution >= 4 is 11.8 Å². The Labute approximate surface area is 110 Å². The van der Waals surface area contributed by atoms with E-state index >= 15 is 0 Å². The summed E-state index contributed by atoms with van der Waals surface area (Å²) in [5, 5.41) is 0. The van der Waals surface area contributed by atoms with Gasteiger partial charge in [-0.1, -0.05) is 18.2 Å². The zero-order valence-corrected chi connectivity index (χ0v) is 10.5. The van der Waals surface area contributed by atoms with E-state index in [1.165, 1.54) is 4.90 Å². The van der Waals surface area contributed by atoms with E-state index < -0.39 is 0 Å². The lowest BCUT2D eigenvalue weighted by Crippen LogP contribution is -2.29. The standard InChI is InChI=1S/C15H12N2O2/c1-10-6-11(8-16-7-10)9-17-14(18)12-4-2-3-5-13(12)15(17)19/h2-8H,9H2,1H3. The van der Waals surface area contributed by atoms with Crippen LogP contribution in [0.5, 0.6) is 0 Å². The summed E-state index contributed by atoms with van der Waals surface area (Å²) in [4.78, 5) is 29.7. The van der Waals surface area contributed by atoms with Crippen molar-refractivity contribution in [3.8, 4) is 0 Å². The first-order chi connectivity index (χ1) is 9.16. The predicted molar refractivity (Wildman–Crippen MR) is 69.6 cm³/mol. The molecule has 0 saturated carbocycles. The minimum atomic E-state index is -0.234. The van der Waals surface area contributed by atoms with Gasteiger partial charge >= 0.3 is 0 Å². The van der Waals surface area contributed by atoms with Crippen LogP contribution < -0.4 is 0 Å². The maximum Gasteiger partial charge on any atom is 0.261 e. The van der Waals surface area contributed by atoms with Gasteiger partial charge in [0.15, 0.2) is 0 Å². The van der Waals surface area contributed by atoms with Gasteiger partial charge < -0.3 is 0 Å². The molecular formula is C15H12N2O2. The molecule has 1 aromatic heterocycles. The summed E-state index contributed by atoms with van der Waals surface area (Å²) in [6.07, 6.45) is 3.42. The monoisotopic (exact) mass is 252 g/mol. The van der Waals surface area contributed by atoms with Gasteiger partial charge in [0.05, 0.1) is 17.7 Å². The number of pyridine rings is 1. The highest BCUT2D eigenvalue weighted by Gasteiger charge is 2.34. The molecule has 0 atom stereocenters. The number of carbonyl (C=O) groups is 2. The molecule has 0 N–H and O–H groups in total. The van der Waals surface area contributed by atoms with E-state index in [2.05, 4.69) is 4.98 Å². The zero-order valence-electron chi connectivity index (χ0n) is 10.5. The second-order valence-electron chi connectivity index (χ2n) is 4.61. The van der Waals surface area contributed by atoms with E-state index in [4.69, 9.17) is 0 Å². The third-order valence-electron chi connectivity index (χ3n) is 3.15. The molecule has 4 nitrogen and oxygen atoms in total. The number of nitrogens with zero attached hydrogens (tertiary/aromatic N) is 2. The molecule has 0 fully saturated rings. The summed E-state index contributed by atoms with van der Waals surface area (Å²) in [5.74, 6) is -0.468. The van der Waals surface area contributed by atoms with Gasteiger partial charge in [0.25, 0.3) is 11.8 Å². The van der Waals surface area contributed by atoms with Crippen LogP contribution in [0.2, 0.25) is 0 Å². The van der Waals surface area contributed by atoms with Gasteiger partial charge in [-0.15, -0.1) is 0 Å². The fraction of sp³-hybridized carbons (Fsp3) is 0.133. The Morgan fingerprint density at radius 2 is 1.68 bits per heavy atom. The zero-order chi connectivity index (χ0) is 13.4. The molecule has 19 heavy (non-hydrogen) atoms. The van der Waals surface area contributed by atoms with Crippen molar-refractivity contribution < 1.29 is 9.59 Å². The molecule has 0 bridgehead atoms. The smallest absolute Gasteiger partial charge is 0.261 e. The molecule has 4 heteroatoms. The predicted octanol–water partition coefficient (Wildman–Crippen LogP) is 2.19. The molecule has 3 rings (SSSR count). The topological polar surface area (TPSA) is 50.3 Å². The fourth-order valence-electron chi connectivity index (χ4n) is 2.27. The average Bonchev–Trinajstić information content (AvgIpc) is 2.65. The minimum Gasteiger partial charge on any atom is -0.270 e. The number of hydrogen-bond acceptors (Lipinski definition) is 3. The molecule has 0 unspecified atom stereocenters. The van der Waals surface area contributed by atoms with E-state index in [0.717, 1.165) is 11.1 Å². The molecule has 2 heterocycles. The number of hydrogen-bond donors (Lipinski definition) is 0. The maximum atomic E-state index is 12.2. The average molecular weight is 252 g/mol. The van der Waals surface area contributed by atoms with Crippen molar-refractivity contribution in [3.05, 3.63) is 65.0 Å². The summed E-state index contributed by atoms with van der Waals surface area (Å²) >= 11 is 0. The van der Waals surface area contributed by atoms with Gasteiger partial charge in [-0.2, -0.15) is 0 Å². The molecular weight excluding hydrogens is 240 g/mol. The van der Waals surface area contributed by atoms with Crippen molar-refractivity contribution in [1.82, 2.24) is 9.88 Å². The molecule has 2 amide bonds. The lowest BCUT2D eigenvalue weighted by molar-refractivity contribution is 0.0642. The summed E-state index contributed by atoms with van der Waals surface area (Å²) in [6.45, 7) is 2.19. The van der Waals surface area contributed by atoms with E-state index in [-0.39, 0.29) is 18.4 Å². The van der Waals surface area contributed by atoms with Gasteiger partial charge in [-0.05, 0) is 30.2 Å². The molecule has 1 aromatic carbocycles. The van der Waals surface area contributed by atoms with Crippen LogP contribution >= 0.6 is 0 Å². The van der Waals surface area contributed by atoms with Gasteiger partial charge in [-0.25, -0.2) is 0 Å². The highest BCUT2D eigenvalue weighted by Crippen LogP contribution is 2.24. The van der Waals surface area contributed by atoms with E-state index in [9.17, 15) is 9.59 Å². The third-order valence-corrected chi connectivity index (χ3v) is 3.15. The molecule has 0 aliphatic carbocycles. The highest BCUT2D eigenvalue weighted by atomic mass is 16.2. The normalized spacial score (nSPS) is 13.8. The number of aromatic nitrogens is 1. The van der Waals surface area contributed by atoms with Crippen molar-refractivity contribution in [2.24, 2.45) is 0 Å². The second-order valence-corrected chi connectivity index (χ2v) is 4.61. The van der Waals surface area contributed by atoms with Gasteiger partial charge in [0, 0.05) is 12.4 Å². The van der Waals surface area contributed by atoms with Crippen LogP contribution in [-0.2, 0) is 6.54 Å². The Hall–Kier alpha value is -2.49. The number of aryl methyl sites for hydroxylation is 1. The molecule has 2 aromatic rings. The summed E-state index contributed by atoms with van der Waals surface area (Å²) in [5.41, 5.74) is 2.82. The van der Waals surface area contributed by atoms with Gasteiger partial charge in [0.1, 0.15) is 0 Å². The molecule has 94 valence electrons. The van der Waals surface area contributed by atoms with E-state index in [0.29, 0.717) is 11.1 Å². The van der Waals surface area contributed by atoms with Crippen LogP contribution in [-0.4, -0.2) is 21.7 Å². The highest BCUT2D eigenvalue weighted by molar-refractivity contribution is 6.21. The van der Waals surface area contributed by atoms with Crippen LogP contribution in [0.15, 0.2) is 42.7 Å². The first kappa shape index (κ1) is 11.6. The van der Waals surface area contributed by atoms with E-state index in [1.807, 2.05) is 13.0 Å². The van der Waals surface area contributed by atoms with Gasteiger partial charge in [-0.3, -0.25) is 19.5 Å². The minimum absolute atomic E-state index is 0.234. The molecule has 1 aliphatic heterocycles. The first-order valence-corrected chi connectivity index (χ1v) is 6.02. The lowest BCUT2D eigenvalue weighted by atomic mass is 10.1. The Bertz CT molecular complexity index is 644. The maximum absolute atomic E-state index is 12.2. The number of fused-ring (bicyclic) bond motifs is 1. The third kappa shape index (κ3) is 1.91. The van der Waals surface area contributed by atoms with Crippen molar-refractivity contribution in [2.75, 3.05) is 0 Å². The number of imide groups is 1. The summed E-state index contributed by atoms with van der Waals surface area (Å²) < 4.78 is 0. The fourth-order valence-corrected chi connectivity index (χ4v) is 2.27.